The van der Waals surface area contributed by atoms with Crippen LogP contribution in [0.3, 0.4) is 0 Å². The average Bonchev–Trinajstić information content (AvgIpc) is 2.98. The molecule has 0 unspecified atom stereocenters. The number of nitrogens with zero attached hydrogens (tertiary/aromatic N) is 5. The van der Waals surface area contributed by atoms with Gasteiger partial charge in [0, 0.05) is 48.2 Å². The van der Waals surface area contributed by atoms with Crippen molar-refractivity contribution in [2.75, 3.05) is 0 Å². The van der Waals surface area contributed by atoms with Crippen molar-refractivity contribution >= 4 is 0 Å². The Morgan fingerprint density at radius 2 is 1.88 bits per heavy atom. The SMILES string of the molecule is Cn1cnc(-c2ccc(-c3ccc(O[C@H]4C[C@]5(C)CC[C@](C)(C4)N5)nn3)c(O)c2)nc1=O. The molecule has 32 heavy (non-hydrogen) atoms. The van der Waals surface area contributed by atoms with Crippen LogP contribution in [0.25, 0.3) is 22.6 Å². The highest BCUT2D eigenvalue weighted by molar-refractivity contribution is 5.71. The third kappa shape index (κ3) is 3.84. The van der Waals surface area contributed by atoms with Gasteiger partial charge in [-0.1, -0.05) is 6.07 Å². The molecule has 1 aromatic carbocycles. The summed E-state index contributed by atoms with van der Waals surface area (Å²) in [7, 11) is 1.58. The van der Waals surface area contributed by atoms with Crippen LogP contribution >= 0.6 is 0 Å². The standard InChI is InChI=1S/C23H26N6O3/c1-22-8-9-23(2,28-22)12-15(11-22)32-19-7-6-17(26-27-19)16-5-4-14(10-18(16)30)20-24-13-29(3)21(31)25-20/h4-7,10,13,15,28,30H,8-9,11-12H2,1-3H3/t15-,22-,23+. The molecule has 2 bridgehead atoms. The maximum atomic E-state index is 11.8. The molecule has 166 valence electrons. The van der Waals surface area contributed by atoms with Crippen LogP contribution in [0.5, 0.6) is 11.6 Å². The molecule has 0 aliphatic carbocycles. The van der Waals surface area contributed by atoms with Crippen molar-refractivity contribution in [3.63, 3.8) is 0 Å². The van der Waals surface area contributed by atoms with Crippen LogP contribution in [0.15, 0.2) is 41.5 Å². The van der Waals surface area contributed by atoms with Crippen LogP contribution in [0, 0.1) is 0 Å². The average molecular weight is 435 g/mol. The first-order valence-electron chi connectivity index (χ1n) is 10.8. The van der Waals surface area contributed by atoms with Crippen LogP contribution in [0.2, 0.25) is 0 Å². The molecule has 0 spiro atoms. The van der Waals surface area contributed by atoms with Crippen molar-refractivity contribution < 1.29 is 9.84 Å². The minimum absolute atomic E-state index is 0.00512. The van der Waals surface area contributed by atoms with Gasteiger partial charge in [-0.05, 0) is 44.9 Å². The molecule has 0 saturated carbocycles. The van der Waals surface area contributed by atoms with Crippen LogP contribution in [-0.2, 0) is 7.05 Å². The second-order valence-electron chi connectivity index (χ2n) is 9.46. The predicted octanol–water partition coefficient (Wildman–Crippen LogP) is 2.45. The Morgan fingerprint density at radius 3 is 2.50 bits per heavy atom. The number of piperidine rings is 1. The number of phenols is 1. The van der Waals surface area contributed by atoms with E-state index in [1.54, 1.807) is 31.3 Å². The van der Waals surface area contributed by atoms with Gasteiger partial charge in [-0.25, -0.2) is 9.78 Å². The molecule has 9 nitrogen and oxygen atoms in total. The first-order chi connectivity index (χ1) is 15.2. The Hall–Kier alpha value is -3.33. The summed E-state index contributed by atoms with van der Waals surface area (Å²) in [6, 6.07) is 8.53. The number of hydrogen-bond donors (Lipinski definition) is 2. The Kier molecular flexibility index (Phi) is 4.74. The van der Waals surface area contributed by atoms with Crippen LogP contribution in [-0.4, -0.2) is 47.0 Å². The quantitative estimate of drug-likeness (QED) is 0.643. The highest BCUT2D eigenvalue weighted by Gasteiger charge is 2.49. The molecule has 9 heteroatoms. The summed E-state index contributed by atoms with van der Waals surface area (Å²) in [5, 5.41) is 22.8. The summed E-state index contributed by atoms with van der Waals surface area (Å²) in [6.07, 6.45) is 5.70. The number of rotatable bonds is 4. The van der Waals surface area contributed by atoms with Crippen LogP contribution in [0.1, 0.15) is 39.5 Å². The van der Waals surface area contributed by atoms with Gasteiger partial charge in [0.15, 0.2) is 5.82 Å². The van der Waals surface area contributed by atoms with Gasteiger partial charge >= 0.3 is 5.69 Å². The van der Waals surface area contributed by atoms with Crippen LogP contribution < -0.4 is 15.7 Å². The number of aromatic hydroxyl groups is 1. The van der Waals surface area contributed by atoms with E-state index in [9.17, 15) is 9.90 Å². The molecule has 0 amide bonds. The first kappa shape index (κ1) is 20.6. The van der Waals surface area contributed by atoms with E-state index in [1.807, 2.05) is 0 Å². The lowest BCUT2D eigenvalue weighted by Gasteiger charge is -2.41. The summed E-state index contributed by atoms with van der Waals surface area (Å²) < 4.78 is 7.45. The fourth-order valence-electron chi connectivity index (χ4n) is 4.98. The minimum Gasteiger partial charge on any atom is -0.507 e. The Bertz CT molecular complexity index is 1210. The van der Waals surface area contributed by atoms with E-state index in [1.165, 1.54) is 17.0 Å². The van der Waals surface area contributed by atoms with Gasteiger partial charge in [0.05, 0.1) is 5.69 Å². The maximum Gasteiger partial charge on any atom is 0.350 e. The zero-order valence-electron chi connectivity index (χ0n) is 18.4. The van der Waals surface area contributed by atoms with Gasteiger partial charge in [0.2, 0.25) is 5.88 Å². The lowest BCUT2D eigenvalue weighted by atomic mass is 9.86. The number of phenolic OH excluding ortho intramolecular Hbond substituents is 1. The fourth-order valence-corrected chi connectivity index (χ4v) is 4.98. The molecule has 2 saturated heterocycles. The number of aromatic nitrogens is 5. The molecule has 2 aliphatic heterocycles. The van der Waals surface area contributed by atoms with E-state index in [-0.39, 0.29) is 28.8 Å². The van der Waals surface area contributed by atoms with Crippen molar-refractivity contribution in [2.24, 2.45) is 7.05 Å². The van der Waals surface area contributed by atoms with E-state index in [4.69, 9.17) is 4.74 Å². The molecule has 2 aliphatic rings. The van der Waals surface area contributed by atoms with Crippen molar-refractivity contribution in [1.29, 1.82) is 0 Å². The molecular formula is C23H26N6O3. The van der Waals surface area contributed by atoms with Gasteiger partial charge < -0.3 is 15.2 Å². The van der Waals surface area contributed by atoms with E-state index in [0.717, 1.165) is 25.7 Å². The molecule has 2 N–H and O–H groups in total. The zero-order chi connectivity index (χ0) is 22.5. The summed E-state index contributed by atoms with van der Waals surface area (Å²) in [5.41, 5.74) is 1.41. The number of hydrogen-bond acceptors (Lipinski definition) is 8. The summed E-state index contributed by atoms with van der Waals surface area (Å²) >= 11 is 0. The fraction of sp³-hybridized carbons (Fsp3) is 0.435. The van der Waals surface area contributed by atoms with E-state index >= 15 is 0 Å². The van der Waals surface area contributed by atoms with Gasteiger partial charge in [-0.2, -0.15) is 4.98 Å². The molecule has 3 aromatic rings. The van der Waals surface area contributed by atoms with Crippen molar-refractivity contribution in [3.05, 3.63) is 47.1 Å². The third-order valence-corrected chi connectivity index (χ3v) is 6.50. The van der Waals surface area contributed by atoms with Crippen molar-refractivity contribution in [2.45, 2.75) is 56.7 Å². The van der Waals surface area contributed by atoms with Gasteiger partial charge in [-0.3, -0.25) is 4.57 Å². The highest BCUT2D eigenvalue weighted by atomic mass is 16.5. The lowest BCUT2D eigenvalue weighted by molar-refractivity contribution is 0.0754. The van der Waals surface area contributed by atoms with E-state index in [2.05, 4.69) is 39.3 Å². The third-order valence-electron chi connectivity index (χ3n) is 6.50. The summed E-state index contributed by atoms with van der Waals surface area (Å²) in [5.74, 6) is 0.741. The smallest absolute Gasteiger partial charge is 0.350 e. The van der Waals surface area contributed by atoms with E-state index < -0.39 is 5.69 Å². The highest BCUT2D eigenvalue weighted by Crippen LogP contribution is 2.43. The monoisotopic (exact) mass is 434 g/mol. The van der Waals surface area contributed by atoms with E-state index in [0.29, 0.717) is 22.7 Å². The van der Waals surface area contributed by atoms with Crippen LogP contribution in [0.4, 0.5) is 0 Å². The van der Waals surface area contributed by atoms with Gasteiger partial charge in [-0.15, -0.1) is 10.2 Å². The lowest BCUT2D eigenvalue weighted by Crippen LogP contribution is -2.56. The molecule has 3 atom stereocenters. The number of benzene rings is 1. The number of aryl methyl sites for hydroxylation is 1. The molecule has 0 radical (unpaired) electrons. The molecular weight excluding hydrogens is 408 g/mol. The Labute approximate surface area is 185 Å². The number of fused-ring (bicyclic) bond motifs is 2. The zero-order valence-corrected chi connectivity index (χ0v) is 18.4. The first-order valence-corrected chi connectivity index (χ1v) is 10.8. The molecule has 4 heterocycles. The Morgan fingerprint density at radius 1 is 1.12 bits per heavy atom. The van der Waals surface area contributed by atoms with Gasteiger partial charge in [0.25, 0.3) is 0 Å². The largest absolute Gasteiger partial charge is 0.507 e. The molecule has 5 rings (SSSR count). The summed E-state index contributed by atoms with van der Waals surface area (Å²) in [6.45, 7) is 4.51. The second kappa shape index (κ2) is 7.37. The topological polar surface area (TPSA) is 115 Å². The second-order valence-corrected chi connectivity index (χ2v) is 9.46. The van der Waals surface area contributed by atoms with Gasteiger partial charge in [0.1, 0.15) is 18.2 Å². The number of nitrogens with one attached hydrogen (secondary N) is 1. The normalized spacial score (nSPS) is 26.8. The minimum atomic E-state index is -0.412. The van der Waals surface area contributed by atoms with Crippen molar-refractivity contribution in [3.8, 4) is 34.3 Å². The number of ether oxygens (including phenoxy) is 1. The summed E-state index contributed by atoms with van der Waals surface area (Å²) in [4.78, 5) is 19.8. The molecule has 2 fully saturated rings. The van der Waals surface area contributed by atoms with Crippen molar-refractivity contribution in [1.82, 2.24) is 30.0 Å². The molecule has 2 aromatic heterocycles. The maximum absolute atomic E-state index is 11.8. The Balaban J connectivity index is 1.33. The predicted molar refractivity (Wildman–Crippen MR) is 118 cm³/mol.